The Morgan fingerprint density at radius 2 is 2.23 bits per heavy atom. The predicted molar refractivity (Wildman–Crippen MR) is 47.3 cm³/mol. The fourth-order valence-corrected chi connectivity index (χ4v) is 0.859. The maximum Gasteiger partial charge on any atom is 0.314 e. The van der Waals surface area contributed by atoms with E-state index in [1.54, 1.807) is 7.05 Å². The first-order valence-corrected chi connectivity index (χ1v) is 4.02. The van der Waals surface area contributed by atoms with Crippen molar-refractivity contribution in [1.29, 1.82) is 0 Å². The van der Waals surface area contributed by atoms with Crippen molar-refractivity contribution in [2.75, 3.05) is 7.05 Å². The molecule has 5 heteroatoms. The zero-order valence-corrected chi connectivity index (χ0v) is 7.97. The van der Waals surface area contributed by atoms with Crippen LogP contribution in [0.15, 0.2) is 4.42 Å². The summed E-state index contributed by atoms with van der Waals surface area (Å²) in [5.74, 6) is 1.31. The highest BCUT2D eigenvalue weighted by atomic mass is 16.4. The molecule has 1 aromatic heterocycles. The van der Waals surface area contributed by atoms with Gasteiger partial charge < -0.3 is 15.1 Å². The summed E-state index contributed by atoms with van der Waals surface area (Å²) in [6.45, 7) is 4.02. The van der Waals surface area contributed by atoms with E-state index in [1.165, 1.54) is 0 Å². The second-order valence-electron chi connectivity index (χ2n) is 2.68. The summed E-state index contributed by atoms with van der Waals surface area (Å²) in [4.78, 5) is 14.9. The van der Waals surface area contributed by atoms with Gasteiger partial charge in [-0.2, -0.15) is 0 Å². The molecule has 1 rings (SSSR count). The van der Waals surface area contributed by atoms with Crippen molar-refractivity contribution in [3.63, 3.8) is 0 Å². The third kappa shape index (κ3) is 2.47. The zero-order valence-electron chi connectivity index (χ0n) is 7.97. The largest absolute Gasteiger partial charge is 0.444 e. The Bertz CT molecular complexity index is 287. The van der Waals surface area contributed by atoms with Crippen LogP contribution in [-0.4, -0.2) is 18.1 Å². The molecule has 0 spiro atoms. The number of carbonyl (C=O) groups is 1. The molecule has 0 aliphatic carbocycles. The van der Waals surface area contributed by atoms with E-state index in [1.807, 2.05) is 13.8 Å². The Kier molecular flexibility index (Phi) is 2.89. The average Bonchev–Trinajstić information content (AvgIpc) is 2.42. The molecule has 0 saturated carbocycles. The Morgan fingerprint density at radius 3 is 2.69 bits per heavy atom. The lowest BCUT2D eigenvalue weighted by molar-refractivity contribution is 0.241. The lowest BCUT2D eigenvalue weighted by atomic mass is 10.4. The van der Waals surface area contributed by atoms with Crippen molar-refractivity contribution < 1.29 is 9.21 Å². The summed E-state index contributed by atoms with van der Waals surface area (Å²) in [6, 6.07) is -0.242. The molecule has 0 bridgehead atoms. The smallest absolute Gasteiger partial charge is 0.314 e. The third-order valence-corrected chi connectivity index (χ3v) is 1.70. The van der Waals surface area contributed by atoms with Crippen LogP contribution in [0.1, 0.15) is 17.3 Å². The molecule has 1 aromatic rings. The van der Waals surface area contributed by atoms with E-state index in [9.17, 15) is 4.79 Å². The molecular weight excluding hydrogens is 170 g/mol. The van der Waals surface area contributed by atoms with Gasteiger partial charge in [-0.05, 0) is 13.8 Å². The number of oxazole rings is 1. The standard InChI is InChI=1S/C8H13N3O2/c1-5-6(2)13-7(11-5)4-10-8(12)9-3/h4H2,1-3H3,(H2,9,10,12). The molecule has 0 atom stereocenters. The predicted octanol–water partition coefficient (Wildman–Crippen LogP) is 0.720. The molecule has 0 fully saturated rings. The van der Waals surface area contributed by atoms with E-state index in [4.69, 9.17) is 4.42 Å². The van der Waals surface area contributed by atoms with Gasteiger partial charge in [0.15, 0.2) is 0 Å². The van der Waals surface area contributed by atoms with Gasteiger partial charge in [0.1, 0.15) is 5.76 Å². The number of amides is 2. The van der Waals surface area contributed by atoms with Crippen LogP contribution in [0, 0.1) is 13.8 Å². The molecule has 72 valence electrons. The van der Waals surface area contributed by atoms with Crippen molar-refractivity contribution in [2.24, 2.45) is 0 Å². The number of rotatable bonds is 2. The maximum atomic E-state index is 10.8. The number of hydrogen-bond acceptors (Lipinski definition) is 3. The van der Waals surface area contributed by atoms with Crippen LogP contribution in [0.3, 0.4) is 0 Å². The highest BCUT2D eigenvalue weighted by Crippen LogP contribution is 2.07. The molecule has 0 unspecified atom stereocenters. The van der Waals surface area contributed by atoms with Gasteiger partial charge in [0.25, 0.3) is 0 Å². The number of carbonyl (C=O) groups excluding carboxylic acids is 1. The summed E-state index contributed by atoms with van der Waals surface area (Å²) in [5.41, 5.74) is 0.855. The average molecular weight is 183 g/mol. The van der Waals surface area contributed by atoms with Crippen LogP contribution in [0.5, 0.6) is 0 Å². The van der Waals surface area contributed by atoms with E-state index >= 15 is 0 Å². The topological polar surface area (TPSA) is 67.2 Å². The number of nitrogens with one attached hydrogen (secondary N) is 2. The van der Waals surface area contributed by atoms with Crippen LogP contribution >= 0.6 is 0 Å². The van der Waals surface area contributed by atoms with E-state index in [2.05, 4.69) is 15.6 Å². The van der Waals surface area contributed by atoms with Crippen molar-refractivity contribution in [3.8, 4) is 0 Å². The maximum absolute atomic E-state index is 10.8. The number of nitrogens with zero attached hydrogens (tertiary/aromatic N) is 1. The number of hydrogen-bond donors (Lipinski definition) is 2. The van der Waals surface area contributed by atoms with Gasteiger partial charge in [-0.1, -0.05) is 0 Å². The molecule has 0 saturated heterocycles. The first kappa shape index (κ1) is 9.57. The second kappa shape index (κ2) is 3.93. The van der Waals surface area contributed by atoms with Crippen LogP contribution in [0.2, 0.25) is 0 Å². The highest BCUT2D eigenvalue weighted by Gasteiger charge is 2.05. The fraction of sp³-hybridized carbons (Fsp3) is 0.500. The van der Waals surface area contributed by atoms with Crippen molar-refractivity contribution >= 4 is 6.03 Å². The number of aromatic nitrogens is 1. The van der Waals surface area contributed by atoms with Crippen molar-refractivity contribution in [3.05, 3.63) is 17.3 Å². The minimum atomic E-state index is -0.242. The van der Waals surface area contributed by atoms with Gasteiger partial charge in [0.05, 0.1) is 12.2 Å². The normalized spacial score (nSPS) is 9.77. The molecular formula is C8H13N3O2. The number of aryl methyl sites for hydroxylation is 2. The summed E-state index contributed by atoms with van der Waals surface area (Å²) in [5, 5.41) is 5.02. The van der Waals surface area contributed by atoms with Crippen molar-refractivity contribution in [1.82, 2.24) is 15.6 Å². The molecule has 13 heavy (non-hydrogen) atoms. The van der Waals surface area contributed by atoms with Gasteiger partial charge >= 0.3 is 6.03 Å². The van der Waals surface area contributed by atoms with E-state index in [0.717, 1.165) is 11.5 Å². The molecule has 0 aromatic carbocycles. The van der Waals surface area contributed by atoms with Gasteiger partial charge in [-0.15, -0.1) is 0 Å². The molecule has 1 heterocycles. The van der Waals surface area contributed by atoms with Gasteiger partial charge in [0.2, 0.25) is 5.89 Å². The quantitative estimate of drug-likeness (QED) is 0.710. The Labute approximate surface area is 76.5 Å². The molecule has 5 nitrogen and oxygen atoms in total. The molecule has 2 N–H and O–H groups in total. The van der Waals surface area contributed by atoms with Crippen molar-refractivity contribution in [2.45, 2.75) is 20.4 Å². The molecule has 2 amide bonds. The lowest BCUT2D eigenvalue weighted by Crippen LogP contribution is -2.32. The minimum absolute atomic E-state index is 0.242. The summed E-state index contributed by atoms with van der Waals surface area (Å²) >= 11 is 0. The second-order valence-corrected chi connectivity index (χ2v) is 2.68. The summed E-state index contributed by atoms with van der Waals surface area (Å²) in [7, 11) is 1.56. The van der Waals surface area contributed by atoms with Gasteiger partial charge in [-0.3, -0.25) is 0 Å². The van der Waals surface area contributed by atoms with E-state index in [0.29, 0.717) is 12.4 Å². The van der Waals surface area contributed by atoms with Gasteiger partial charge in [-0.25, -0.2) is 9.78 Å². The summed E-state index contributed by atoms with van der Waals surface area (Å²) < 4.78 is 5.26. The summed E-state index contributed by atoms with van der Waals surface area (Å²) in [6.07, 6.45) is 0. The highest BCUT2D eigenvalue weighted by molar-refractivity contribution is 5.73. The van der Waals surface area contributed by atoms with Crippen LogP contribution in [0.25, 0.3) is 0 Å². The Morgan fingerprint density at radius 1 is 1.54 bits per heavy atom. The van der Waals surface area contributed by atoms with E-state index < -0.39 is 0 Å². The molecule has 0 radical (unpaired) electrons. The van der Waals surface area contributed by atoms with Crippen LogP contribution in [-0.2, 0) is 6.54 Å². The lowest BCUT2D eigenvalue weighted by Gasteiger charge is -1.99. The SMILES string of the molecule is CNC(=O)NCc1nc(C)c(C)o1. The zero-order chi connectivity index (χ0) is 9.84. The third-order valence-electron chi connectivity index (χ3n) is 1.70. The molecule has 0 aliphatic heterocycles. The Hall–Kier alpha value is -1.52. The molecule has 0 aliphatic rings. The van der Waals surface area contributed by atoms with Crippen LogP contribution in [0.4, 0.5) is 4.79 Å². The minimum Gasteiger partial charge on any atom is -0.444 e. The van der Waals surface area contributed by atoms with Gasteiger partial charge in [0, 0.05) is 7.05 Å². The Balaban J connectivity index is 2.50. The number of urea groups is 1. The van der Waals surface area contributed by atoms with Crippen LogP contribution < -0.4 is 10.6 Å². The van der Waals surface area contributed by atoms with E-state index in [-0.39, 0.29) is 6.03 Å². The first-order valence-electron chi connectivity index (χ1n) is 4.02. The monoisotopic (exact) mass is 183 g/mol. The fourth-order valence-electron chi connectivity index (χ4n) is 0.859. The first-order chi connectivity index (χ1) is 6.13.